The van der Waals surface area contributed by atoms with Gasteiger partial charge in [0.2, 0.25) is 0 Å². The summed E-state index contributed by atoms with van der Waals surface area (Å²) in [5.74, 6) is -1.22. The first-order chi connectivity index (χ1) is 6.97. The molecule has 0 saturated carbocycles. The number of nitro groups is 1. The molecule has 1 aromatic rings. The summed E-state index contributed by atoms with van der Waals surface area (Å²) in [6, 6.07) is 2.24. The zero-order chi connectivity index (χ0) is 11.6. The van der Waals surface area contributed by atoms with Gasteiger partial charge in [-0.2, -0.15) is 0 Å². The van der Waals surface area contributed by atoms with E-state index in [9.17, 15) is 14.9 Å². The van der Waals surface area contributed by atoms with Crippen LogP contribution in [0.15, 0.2) is 12.1 Å². The Kier molecular flexibility index (Phi) is 3.65. The summed E-state index contributed by atoms with van der Waals surface area (Å²) in [7, 11) is 0. The van der Waals surface area contributed by atoms with E-state index in [1.807, 2.05) is 0 Å². The number of nitro benzene ring substituents is 1. The second-order valence-corrected chi connectivity index (χ2v) is 3.62. The number of carboxylic acids is 1. The van der Waals surface area contributed by atoms with E-state index in [0.29, 0.717) is 5.56 Å². The van der Waals surface area contributed by atoms with Gasteiger partial charge in [0.25, 0.3) is 5.69 Å². The molecule has 5 nitrogen and oxygen atoms in total. The van der Waals surface area contributed by atoms with Crippen LogP contribution in [0.1, 0.15) is 15.9 Å². The number of halogens is 2. The van der Waals surface area contributed by atoms with Crippen LogP contribution in [0.5, 0.6) is 0 Å². The van der Waals surface area contributed by atoms with Crippen molar-refractivity contribution in [3.8, 4) is 0 Å². The number of nitrogens with zero attached hydrogens (tertiary/aromatic N) is 1. The first-order valence-electron chi connectivity index (χ1n) is 3.73. The van der Waals surface area contributed by atoms with Crippen LogP contribution in [0.2, 0.25) is 5.02 Å². The summed E-state index contributed by atoms with van der Waals surface area (Å²) in [5, 5.41) is 19.5. The van der Waals surface area contributed by atoms with Gasteiger partial charge in [-0.25, -0.2) is 4.79 Å². The van der Waals surface area contributed by atoms with Crippen molar-refractivity contribution in [2.75, 3.05) is 0 Å². The highest BCUT2D eigenvalue weighted by Crippen LogP contribution is 2.29. The topological polar surface area (TPSA) is 80.4 Å². The maximum Gasteiger partial charge on any atom is 0.336 e. The molecule has 0 unspecified atom stereocenters. The average Bonchev–Trinajstić information content (AvgIpc) is 2.16. The Balaban J connectivity index is 3.43. The van der Waals surface area contributed by atoms with Crippen molar-refractivity contribution in [3.63, 3.8) is 0 Å². The second kappa shape index (κ2) is 4.59. The summed E-state index contributed by atoms with van der Waals surface area (Å²) in [5.41, 5.74) is -0.125. The summed E-state index contributed by atoms with van der Waals surface area (Å²) >= 11 is 8.70. The summed E-state index contributed by atoms with van der Waals surface area (Å²) < 4.78 is 0. The van der Waals surface area contributed by atoms with Gasteiger partial charge < -0.3 is 5.11 Å². The average molecular weight is 294 g/mol. The van der Waals surface area contributed by atoms with Gasteiger partial charge in [-0.1, -0.05) is 27.5 Å². The molecule has 0 radical (unpaired) electrons. The number of carbonyl (C=O) groups is 1. The van der Waals surface area contributed by atoms with Crippen LogP contribution in [-0.2, 0) is 5.33 Å². The first-order valence-corrected chi connectivity index (χ1v) is 5.23. The van der Waals surface area contributed by atoms with Gasteiger partial charge in [0, 0.05) is 11.4 Å². The number of aromatic carboxylic acids is 1. The molecule has 0 bridgehead atoms. The molecule has 1 aromatic carbocycles. The third kappa shape index (κ3) is 2.45. The molecule has 15 heavy (non-hydrogen) atoms. The predicted molar refractivity (Wildman–Crippen MR) is 57.7 cm³/mol. The third-order valence-corrected chi connectivity index (χ3v) is 2.65. The highest BCUT2D eigenvalue weighted by atomic mass is 79.9. The van der Waals surface area contributed by atoms with Crippen LogP contribution < -0.4 is 0 Å². The Hall–Kier alpha value is -1.14. The van der Waals surface area contributed by atoms with E-state index in [1.54, 1.807) is 0 Å². The van der Waals surface area contributed by atoms with Crippen molar-refractivity contribution >= 4 is 39.2 Å². The number of hydrogen-bond donors (Lipinski definition) is 1. The minimum Gasteiger partial charge on any atom is -0.478 e. The van der Waals surface area contributed by atoms with Crippen molar-refractivity contribution in [2.24, 2.45) is 0 Å². The van der Waals surface area contributed by atoms with Crippen LogP contribution in [-0.4, -0.2) is 16.0 Å². The molecule has 0 aliphatic heterocycles. The summed E-state index contributed by atoms with van der Waals surface area (Å²) in [6.07, 6.45) is 0. The number of benzene rings is 1. The molecule has 0 heterocycles. The lowest BCUT2D eigenvalue weighted by Crippen LogP contribution is -2.03. The highest BCUT2D eigenvalue weighted by Gasteiger charge is 2.19. The quantitative estimate of drug-likeness (QED) is 0.528. The Morgan fingerprint density at radius 1 is 1.60 bits per heavy atom. The van der Waals surface area contributed by atoms with Gasteiger partial charge >= 0.3 is 5.97 Å². The third-order valence-electron chi connectivity index (χ3n) is 1.74. The molecule has 0 atom stereocenters. The number of carboxylic acid groups (broad SMARTS) is 1. The zero-order valence-electron chi connectivity index (χ0n) is 7.24. The Bertz CT molecular complexity index is 435. The van der Waals surface area contributed by atoms with Crippen molar-refractivity contribution in [2.45, 2.75) is 5.33 Å². The van der Waals surface area contributed by atoms with Gasteiger partial charge in [0.1, 0.15) is 5.02 Å². The minimum atomic E-state index is -1.22. The van der Waals surface area contributed by atoms with E-state index in [-0.39, 0.29) is 15.9 Å². The molecular formula is C8H5BrClNO4. The fourth-order valence-electron chi connectivity index (χ4n) is 1.05. The maximum atomic E-state index is 10.8. The van der Waals surface area contributed by atoms with Crippen LogP contribution in [0.3, 0.4) is 0 Å². The van der Waals surface area contributed by atoms with E-state index < -0.39 is 16.6 Å². The van der Waals surface area contributed by atoms with Gasteiger partial charge in [0.05, 0.1) is 10.5 Å². The highest BCUT2D eigenvalue weighted by molar-refractivity contribution is 9.08. The Morgan fingerprint density at radius 3 is 2.60 bits per heavy atom. The van der Waals surface area contributed by atoms with Crippen LogP contribution in [0.25, 0.3) is 0 Å². The second-order valence-electron chi connectivity index (χ2n) is 2.66. The fourth-order valence-corrected chi connectivity index (χ4v) is 1.77. The van der Waals surface area contributed by atoms with Crippen LogP contribution >= 0.6 is 27.5 Å². The standard InChI is InChI=1S/C8H5BrClNO4/c9-3-4-1-6(10)7(11(14)15)2-5(4)8(12)13/h1-2H,3H2,(H,12,13). The van der Waals surface area contributed by atoms with Gasteiger partial charge in [-0.3, -0.25) is 10.1 Å². The van der Waals surface area contributed by atoms with Crippen LogP contribution in [0, 0.1) is 10.1 Å². The molecule has 1 rings (SSSR count). The molecule has 0 spiro atoms. The zero-order valence-corrected chi connectivity index (χ0v) is 9.58. The number of hydrogen-bond acceptors (Lipinski definition) is 3. The lowest BCUT2D eigenvalue weighted by atomic mass is 10.1. The van der Waals surface area contributed by atoms with Crippen molar-refractivity contribution in [1.82, 2.24) is 0 Å². The maximum absolute atomic E-state index is 10.8. The van der Waals surface area contributed by atoms with Crippen molar-refractivity contribution in [3.05, 3.63) is 38.4 Å². The number of alkyl halides is 1. The smallest absolute Gasteiger partial charge is 0.336 e. The van der Waals surface area contributed by atoms with Crippen molar-refractivity contribution < 1.29 is 14.8 Å². The predicted octanol–water partition coefficient (Wildman–Crippen LogP) is 2.84. The van der Waals surface area contributed by atoms with Gasteiger partial charge in [0.15, 0.2) is 0 Å². The van der Waals surface area contributed by atoms with Crippen molar-refractivity contribution in [1.29, 1.82) is 0 Å². The fraction of sp³-hybridized carbons (Fsp3) is 0.125. The normalized spacial score (nSPS) is 10.0. The molecule has 80 valence electrons. The Labute approximate surface area is 97.9 Å². The largest absolute Gasteiger partial charge is 0.478 e. The van der Waals surface area contributed by atoms with E-state index in [0.717, 1.165) is 6.07 Å². The minimum absolute atomic E-state index is 0.0700. The van der Waals surface area contributed by atoms with Gasteiger partial charge in [-0.15, -0.1) is 0 Å². The van der Waals surface area contributed by atoms with Crippen LogP contribution in [0.4, 0.5) is 5.69 Å². The van der Waals surface area contributed by atoms with E-state index >= 15 is 0 Å². The molecule has 0 amide bonds. The van der Waals surface area contributed by atoms with E-state index in [4.69, 9.17) is 16.7 Å². The summed E-state index contributed by atoms with van der Waals surface area (Å²) in [4.78, 5) is 20.6. The molecule has 0 fully saturated rings. The lowest BCUT2D eigenvalue weighted by molar-refractivity contribution is -0.384. The first kappa shape index (κ1) is 11.9. The molecule has 0 aromatic heterocycles. The SMILES string of the molecule is O=C(O)c1cc([N+](=O)[O-])c(Cl)cc1CBr. The Morgan fingerprint density at radius 2 is 2.20 bits per heavy atom. The molecule has 0 aliphatic rings. The molecule has 0 saturated heterocycles. The van der Waals surface area contributed by atoms with E-state index in [2.05, 4.69) is 15.9 Å². The van der Waals surface area contributed by atoms with Gasteiger partial charge in [-0.05, 0) is 11.6 Å². The molecule has 1 N–H and O–H groups in total. The lowest BCUT2D eigenvalue weighted by Gasteiger charge is -2.03. The van der Waals surface area contributed by atoms with E-state index in [1.165, 1.54) is 6.07 Å². The molecular weight excluding hydrogens is 289 g/mol. The monoisotopic (exact) mass is 293 g/mol. The molecule has 0 aliphatic carbocycles. The molecule has 7 heteroatoms. The summed E-state index contributed by atoms with van der Waals surface area (Å²) in [6.45, 7) is 0. The number of rotatable bonds is 3.